The van der Waals surface area contributed by atoms with Crippen LogP contribution in [0.4, 0.5) is 5.95 Å². The molecule has 2 heterocycles. The van der Waals surface area contributed by atoms with E-state index >= 15 is 0 Å². The second kappa shape index (κ2) is 10.6. The molecule has 0 fully saturated rings. The quantitative estimate of drug-likeness (QED) is 0.359. The summed E-state index contributed by atoms with van der Waals surface area (Å²) in [7, 11) is 3.17. The maximum Gasteiger partial charge on any atom is 0.274 e. The Morgan fingerprint density at radius 2 is 1.88 bits per heavy atom. The first-order valence-corrected chi connectivity index (χ1v) is 10.8. The summed E-state index contributed by atoms with van der Waals surface area (Å²) in [5.74, 6) is 1.58. The van der Waals surface area contributed by atoms with E-state index < -0.39 is 0 Å². The average Bonchev–Trinajstić information content (AvgIpc) is 3.31. The van der Waals surface area contributed by atoms with Crippen LogP contribution in [0.15, 0.2) is 73.1 Å². The summed E-state index contributed by atoms with van der Waals surface area (Å²) in [4.78, 5) is 21.6. The van der Waals surface area contributed by atoms with Gasteiger partial charge in [-0.1, -0.05) is 29.8 Å². The fraction of sp³-hybridized carbons (Fsp3) is 0.120. The number of benzene rings is 2. The first kappa shape index (κ1) is 23.0. The fourth-order valence-electron chi connectivity index (χ4n) is 3.18. The molecule has 0 unspecified atom stereocenters. The van der Waals surface area contributed by atoms with Gasteiger partial charge in [-0.25, -0.2) is 0 Å². The lowest BCUT2D eigenvalue weighted by Gasteiger charge is -2.10. The monoisotopic (exact) mass is 475 g/mol. The number of ether oxygens (including phenoxy) is 2. The van der Waals surface area contributed by atoms with Gasteiger partial charge in [-0.05, 0) is 53.6 Å². The molecule has 0 aliphatic rings. The van der Waals surface area contributed by atoms with Gasteiger partial charge in [0.05, 0.1) is 14.2 Å². The van der Waals surface area contributed by atoms with Crippen molar-refractivity contribution in [1.82, 2.24) is 19.7 Å². The van der Waals surface area contributed by atoms with Crippen molar-refractivity contribution in [2.24, 2.45) is 0 Å². The summed E-state index contributed by atoms with van der Waals surface area (Å²) in [6.07, 6.45) is 6.44. The van der Waals surface area contributed by atoms with E-state index in [9.17, 15) is 4.79 Å². The molecule has 0 amide bonds. The van der Waals surface area contributed by atoms with Gasteiger partial charge in [-0.15, -0.1) is 5.10 Å². The number of carbonyl (C=O) groups is 1. The maximum atomic E-state index is 13.0. The zero-order valence-corrected chi connectivity index (χ0v) is 19.4. The van der Waals surface area contributed by atoms with Crippen LogP contribution in [0.25, 0.3) is 17.5 Å². The number of hydrogen-bond acceptors (Lipinski definition) is 7. The molecule has 2 aromatic carbocycles. The van der Waals surface area contributed by atoms with Gasteiger partial charge in [-0.2, -0.15) is 9.67 Å². The van der Waals surface area contributed by atoms with Crippen LogP contribution in [0.1, 0.15) is 15.9 Å². The van der Waals surface area contributed by atoms with E-state index in [1.807, 2.05) is 36.4 Å². The number of nitrogens with zero attached hydrogens (tertiary/aromatic N) is 4. The van der Waals surface area contributed by atoms with Gasteiger partial charge in [0.25, 0.3) is 5.91 Å². The SMILES string of the molecule is COc1ccc(CNc2nc(-c3cccnc3)nn2C(=O)/C=C/c2ccc(Cl)cc2)cc1OC. The molecular formula is C25H22ClN5O3. The Morgan fingerprint density at radius 1 is 1.09 bits per heavy atom. The highest BCUT2D eigenvalue weighted by molar-refractivity contribution is 6.30. The molecule has 4 rings (SSSR count). The van der Waals surface area contributed by atoms with Crippen LogP contribution in [0.2, 0.25) is 5.02 Å². The molecule has 1 N–H and O–H groups in total. The van der Waals surface area contributed by atoms with Crippen LogP contribution in [-0.4, -0.2) is 39.9 Å². The van der Waals surface area contributed by atoms with Crippen LogP contribution >= 0.6 is 11.6 Å². The number of anilines is 1. The van der Waals surface area contributed by atoms with Gasteiger partial charge < -0.3 is 14.8 Å². The van der Waals surface area contributed by atoms with Crippen molar-refractivity contribution in [3.05, 3.63) is 89.2 Å². The molecule has 0 bridgehead atoms. The summed E-state index contributed by atoms with van der Waals surface area (Å²) in [6, 6.07) is 16.4. The Morgan fingerprint density at radius 3 is 2.59 bits per heavy atom. The number of nitrogens with one attached hydrogen (secondary N) is 1. The summed E-state index contributed by atoms with van der Waals surface area (Å²) in [6.45, 7) is 0.389. The van der Waals surface area contributed by atoms with Gasteiger partial charge in [0.2, 0.25) is 5.95 Å². The highest BCUT2D eigenvalue weighted by atomic mass is 35.5. The van der Waals surface area contributed by atoms with Crippen molar-refractivity contribution in [1.29, 1.82) is 0 Å². The van der Waals surface area contributed by atoms with Crippen molar-refractivity contribution in [3.63, 3.8) is 0 Å². The smallest absolute Gasteiger partial charge is 0.274 e. The molecule has 0 saturated heterocycles. The molecule has 0 aliphatic heterocycles. The molecule has 172 valence electrons. The van der Waals surface area contributed by atoms with Gasteiger partial charge in [-0.3, -0.25) is 9.78 Å². The second-order valence-corrected chi connectivity index (χ2v) is 7.61. The molecule has 0 atom stereocenters. The molecule has 0 aliphatic carbocycles. The largest absolute Gasteiger partial charge is 0.493 e. The molecule has 8 nitrogen and oxygen atoms in total. The topological polar surface area (TPSA) is 91.2 Å². The Kier molecular flexibility index (Phi) is 7.19. The van der Waals surface area contributed by atoms with Gasteiger partial charge in [0.15, 0.2) is 17.3 Å². The van der Waals surface area contributed by atoms with E-state index in [4.69, 9.17) is 21.1 Å². The third-order valence-electron chi connectivity index (χ3n) is 4.92. The first-order valence-electron chi connectivity index (χ1n) is 10.4. The van der Waals surface area contributed by atoms with Crippen LogP contribution in [0.5, 0.6) is 11.5 Å². The van der Waals surface area contributed by atoms with Crippen LogP contribution in [0, 0.1) is 0 Å². The van der Waals surface area contributed by atoms with E-state index in [1.54, 1.807) is 50.9 Å². The highest BCUT2D eigenvalue weighted by Crippen LogP contribution is 2.28. The zero-order chi connectivity index (χ0) is 23.9. The van der Waals surface area contributed by atoms with Crippen molar-refractivity contribution < 1.29 is 14.3 Å². The van der Waals surface area contributed by atoms with E-state index in [-0.39, 0.29) is 5.91 Å². The van der Waals surface area contributed by atoms with Crippen molar-refractivity contribution in [2.75, 3.05) is 19.5 Å². The highest BCUT2D eigenvalue weighted by Gasteiger charge is 2.16. The van der Waals surface area contributed by atoms with E-state index in [0.29, 0.717) is 40.4 Å². The lowest BCUT2D eigenvalue weighted by Crippen LogP contribution is -2.14. The molecule has 2 aromatic heterocycles. The number of allylic oxidation sites excluding steroid dienone is 1. The number of aromatic nitrogens is 4. The normalized spacial score (nSPS) is 10.9. The van der Waals surface area contributed by atoms with Crippen LogP contribution in [0.3, 0.4) is 0 Å². The number of hydrogen-bond donors (Lipinski definition) is 1. The molecule has 4 aromatic rings. The third kappa shape index (κ3) is 5.41. The number of pyridine rings is 1. The predicted molar refractivity (Wildman–Crippen MR) is 131 cm³/mol. The zero-order valence-electron chi connectivity index (χ0n) is 18.6. The molecule has 34 heavy (non-hydrogen) atoms. The van der Waals surface area contributed by atoms with Crippen molar-refractivity contribution in [3.8, 4) is 22.9 Å². The summed E-state index contributed by atoms with van der Waals surface area (Å²) in [5.41, 5.74) is 2.45. The van der Waals surface area contributed by atoms with Gasteiger partial charge in [0.1, 0.15) is 0 Å². The Labute approximate surface area is 201 Å². The summed E-state index contributed by atoms with van der Waals surface area (Å²) < 4.78 is 11.9. The lowest BCUT2D eigenvalue weighted by molar-refractivity contribution is 0.0957. The summed E-state index contributed by atoms with van der Waals surface area (Å²) >= 11 is 5.93. The van der Waals surface area contributed by atoms with E-state index in [1.165, 1.54) is 10.8 Å². The lowest BCUT2D eigenvalue weighted by atomic mass is 10.2. The Hall–Kier alpha value is -4.17. The van der Waals surface area contributed by atoms with Gasteiger partial charge in [0, 0.05) is 35.6 Å². The molecule has 0 spiro atoms. The minimum atomic E-state index is -0.354. The Balaban J connectivity index is 1.60. The number of rotatable bonds is 8. The number of halogens is 1. The number of carbonyl (C=O) groups excluding carboxylic acids is 1. The fourth-order valence-corrected chi connectivity index (χ4v) is 3.31. The van der Waals surface area contributed by atoms with Crippen molar-refractivity contribution >= 4 is 29.5 Å². The maximum absolute atomic E-state index is 13.0. The first-order chi connectivity index (χ1) is 16.6. The molecule has 0 radical (unpaired) electrons. The van der Waals surface area contributed by atoms with Crippen molar-refractivity contribution in [2.45, 2.75) is 6.54 Å². The van der Waals surface area contributed by atoms with Gasteiger partial charge >= 0.3 is 0 Å². The molecule has 0 saturated carbocycles. The standard InChI is InChI=1S/C25H22ClN5O3/c1-33-21-11-7-18(14-22(21)34-2)15-28-25-29-24(19-4-3-13-27-16-19)30-31(25)23(32)12-8-17-5-9-20(26)10-6-17/h3-14,16H,15H2,1-2H3,(H,28,29,30)/b12-8+. The predicted octanol–water partition coefficient (Wildman–Crippen LogP) is 4.98. The Bertz CT molecular complexity index is 1300. The minimum absolute atomic E-state index is 0.305. The number of methoxy groups -OCH3 is 2. The van der Waals surface area contributed by atoms with E-state index in [0.717, 1.165) is 11.1 Å². The minimum Gasteiger partial charge on any atom is -0.493 e. The van der Waals surface area contributed by atoms with Crippen LogP contribution < -0.4 is 14.8 Å². The van der Waals surface area contributed by atoms with E-state index in [2.05, 4.69) is 20.4 Å². The molecular weight excluding hydrogens is 454 g/mol. The van der Waals surface area contributed by atoms with Crippen LogP contribution in [-0.2, 0) is 6.54 Å². The third-order valence-corrected chi connectivity index (χ3v) is 5.17. The average molecular weight is 476 g/mol. The molecule has 9 heteroatoms. The second-order valence-electron chi connectivity index (χ2n) is 7.18. The summed E-state index contributed by atoms with van der Waals surface area (Å²) in [5, 5.41) is 8.24.